The minimum absolute atomic E-state index is 0.141. The Morgan fingerprint density at radius 1 is 1.53 bits per heavy atom. The summed E-state index contributed by atoms with van der Waals surface area (Å²) in [5, 5.41) is 8.76. The van der Waals surface area contributed by atoms with E-state index in [2.05, 4.69) is 20.9 Å². The molecule has 1 heterocycles. The average molecular weight is 280 g/mol. The van der Waals surface area contributed by atoms with Gasteiger partial charge in [-0.25, -0.2) is 8.78 Å². The molecule has 0 radical (unpaired) electrons. The number of pyridine rings is 1. The van der Waals surface area contributed by atoms with Gasteiger partial charge in [0.1, 0.15) is 5.69 Å². The van der Waals surface area contributed by atoms with Crippen LogP contribution in [0.5, 0.6) is 0 Å². The van der Waals surface area contributed by atoms with Crippen LogP contribution in [0.15, 0.2) is 12.1 Å². The SMILES string of the molecule is O=C(O)Cc1ccc(CBr)c(C(F)F)n1. The fourth-order valence-corrected chi connectivity index (χ4v) is 1.58. The summed E-state index contributed by atoms with van der Waals surface area (Å²) in [4.78, 5) is 14.0. The van der Waals surface area contributed by atoms with Crippen molar-refractivity contribution in [3.8, 4) is 0 Å². The molecule has 0 bridgehead atoms. The molecule has 0 aliphatic carbocycles. The first kappa shape index (κ1) is 12.0. The molecule has 1 aromatic heterocycles. The monoisotopic (exact) mass is 279 g/mol. The highest BCUT2D eigenvalue weighted by atomic mass is 79.9. The predicted molar refractivity (Wildman–Crippen MR) is 53.2 cm³/mol. The number of alkyl halides is 3. The smallest absolute Gasteiger partial charge is 0.309 e. The van der Waals surface area contributed by atoms with Gasteiger partial charge in [-0.05, 0) is 11.6 Å². The van der Waals surface area contributed by atoms with Crippen molar-refractivity contribution >= 4 is 21.9 Å². The van der Waals surface area contributed by atoms with Gasteiger partial charge in [-0.3, -0.25) is 9.78 Å². The number of carboxylic acids is 1. The third kappa shape index (κ3) is 3.23. The molecule has 6 heteroatoms. The lowest BCUT2D eigenvalue weighted by Gasteiger charge is -2.06. The van der Waals surface area contributed by atoms with Crippen LogP contribution in [-0.4, -0.2) is 16.1 Å². The first-order chi connectivity index (χ1) is 7.04. The van der Waals surface area contributed by atoms with E-state index in [-0.39, 0.29) is 23.1 Å². The molecule has 0 spiro atoms. The molecule has 1 aromatic rings. The molecule has 0 fully saturated rings. The van der Waals surface area contributed by atoms with Crippen molar-refractivity contribution in [2.24, 2.45) is 0 Å². The van der Waals surface area contributed by atoms with Crippen molar-refractivity contribution in [2.75, 3.05) is 0 Å². The summed E-state index contributed by atoms with van der Waals surface area (Å²) in [5.74, 6) is -1.09. The molecule has 1 N–H and O–H groups in total. The molecule has 0 aliphatic rings. The third-order valence-corrected chi connectivity index (χ3v) is 2.36. The van der Waals surface area contributed by atoms with Gasteiger partial charge >= 0.3 is 5.97 Å². The average Bonchev–Trinajstić information content (AvgIpc) is 2.16. The second-order valence-electron chi connectivity index (χ2n) is 2.85. The zero-order valence-corrected chi connectivity index (χ0v) is 9.17. The van der Waals surface area contributed by atoms with E-state index in [1.807, 2.05) is 0 Å². The van der Waals surface area contributed by atoms with E-state index in [4.69, 9.17) is 5.11 Å². The first-order valence-electron chi connectivity index (χ1n) is 4.09. The van der Waals surface area contributed by atoms with Crippen LogP contribution in [0.25, 0.3) is 0 Å². The second-order valence-corrected chi connectivity index (χ2v) is 3.41. The van der Waals surface area contributed by atoms with E-state index in [0.29, 0.717) is 5.56 Å². The molecule has 0 amide bonds. The third-order valence-electron chi connectivity index (χ3n) is 1.75. The van der Waals surface area contributed by atoms with Crippen LogP contribution >= 0.6 is 15.9 Å². The lowest BCUT2D eigenvalue weighted by Crippen LogP contribution is -2.06. The lowest BCUT2D eigenvalue weighted by atomic mass is 10.2. The van der Waals surface area contributed by atoms with Crippen molar-refractivity contribution in [3.05, 3.63) is 29.1 Å². The molecule has 1 rings (SSSR count). The molecule has 15 heavy (non-hydrogen) atoms. The van der Waals surface area contributed by atoms with Gasteiger partial charge in [0.15, 0.2) is 0 Å². The summed E-state index contributed by atoms with van der Waals surface area (Å²) in [6, 6.07) is 2.90. The zero-order chi connectivity index (χ0) is 11.4. The van der Waals surface area contributed by atoms with Crippen molar-refractivity contribution < 1.29 is 18.7 Å². The van der Waals surface area contributed by atoms with Crippen LogP contribution < -0.4 is 0 Å². The summed E-state index contributed by atoms with van der Waals surface area (Å²) in [6.07, 6.45) is -3.03. The van der Waals surface area contributed by atoms with Crippen LogP contribution in [0.1, 0.15) is 23.4 Å². The highest BCUT2D eigenvalue weighted by molar-refractivity contribution is 9.08. The molecule has 0 saturated heterocycles. The molecule has 0 aromatic carbocycles. The van der Waals surface area contributed by atoms with Gasteiger partial charge in [0.05, 0.1) is 12.1 Å². The van der Waals surface area contributed by atoms with E-state index >= 15 is 0 Å². The topological polar surface area (TPSA) is 50.2 Å². The molecule has 0 saturated carbocycles. The molecule has 82 valence electrons. The van der Waals surface area contributed by atoms with E-state index in [1.165, 1.54) is 12.1 Å². The Morgan fingerprint density at radius 2 is 2.20 bits per heavy atom. The van der Waals surface area contributed by atoms with Gasteiger partial charge in [-0.1, -0.05) is 22.0 Å². The number of hydrogen-bond acceptors (Lipinski definition) is 2. The van der Waals surface area contributed by atoms with Gasteiger partial charge in [0, 0.05) is 5.33 Å². The van der Waals surface area contributed by atoms with Gasteiger partial charge in [0.25, 0.3) is 6.43 Å². The van der Waals surface area contributed by atoms with Crippen molar-refractivity contribution in [2.45, 2.75) is 18.2 Å². The summed E-state index contributed by atoms with van der Waals surface area (Å²) in [6.45, 7) is 0. The Morgan fingerprint density at radius 3 is 2.67 bits per heavy atom. The second kappa shape index (κ2) is 5.16. The van der Waals surface area contributed by atoms with Crippen LogP contribution in [0.2, 0.25) is 0 Å². The number of rotatable bonds is 4. The minimum Gasteiger partial charge on any atom is -0.481 e. The zero-order valence-electron chi connectivity index (χ0n) is 7.58. The molecule has 0 aliphatic heterocycles. The summed E-state index contributed by atoms with van der Waals surface area (Å²) in [5.41, 5.74) is 0.160. The highest BCUT2D eigenvalue weighted by Crippen LogP contribution is 2.23. The van der Waals surface area contributed by atoms with Gasteiger partial charge in [-0.2, -0.15) is 0 Å². The summed E-state index contributed by atoms with van der Waals surface area (Å²) < 4.78 is 25.0. The Bertz CT molecular complexity index is 371. The molecule has 0 unspecified atom stereocenters. The Labute approximate surface area is 93.3 Å². The normalized spacial score (nSPS) is 10.7. The van der Waals surface area contributed by atoms with Crippen LogP contribution in [0.4, 0.5) is 8.78 Å². The largest absolute Gasteiger partial charge is 0.481 e. The van der Waals surface area contributed by atoms with Crippen molar-refractivity contribution in [3.63, 3.8) is 0 Å². The van der Waals surface area contributed by atoms with E-state index in [9.17, 15) is 13.6 Å². The van der Waals surface area contributed by atoms with Gasteiger partial charge in [0.2, 0.25) is 0 Å². The standard InChI is InChI=1S/C9H8BrF2NO2/c10-4-5-1-2-6(3-7(14)15)13-8(5)9(11)12/h1-2,9H,3-4H2,(H,14,15). The van der Waals surface area contributed by atoms with Crippen molar-refractivity contribution in [1.29, 1.82) is 0 Å². The number of carbonyl (C=O) groups is 1. The maximum absolute atomic E-state index is 12.5. The fraction of sp³-hybridized carbons (Fsp3) is 0.333. The molecule has 0 atom stereocenters. The number of halogens is 3. The molecular formula is C9H8BrF2NO2. The van der Waals surface area contributed by atoms with E-state index < -0.39 is 12.4 Å². The highest BCUT2D eigenvalue weighted by Gasteiger charge is 2.15. The quantitative estimate of drug-likeness (QED) is 0.862. The Balaban J connectivity index is 3.04. The fourth-order valence-electron chi connectivity index (χ4n) is 1.10. The van der Waals surface area contributed by atoms with E-state index in [1.54, 1.807) is 0 Å². The molecule has 3 nitrogen and oxygen atoms in total. The Kier molecular flexibility index (Phi) is 4.14. The number of nitrogens with zero attached hydrogens (tertiary/aromatic N) is 1. The predicted octanol–water partition coefficient (Wildman–Crippen LogP) is 2.54. The summed E-state index contributed by atoms with van der Waals surface area (Å²) in [7, 11) is 0. The van der Waals surface area contributed by atoms with Crippen LogP contribution in [-0.2, 0) is 16.5 Å². The number of carboxylic acid groups (broad SMARTS) is 1. The van der Waals surface area contributed by atoms with E-state index in [0.717, 1.165) is 0 Å². The lowest BCUT2D eigenvalue weighted by molar-refractivity contribution is -0.136. The maximum Gasteiger partial charge on any atom is 0.309 e. The Hall–Kier alpha value is -1.04. The number of aromatic nitrogens is 1. The van der Waals surface area contributed by atoms with Gasteiger partial charge < -0.3 is 5.11 Å². The van der Waals surface area contributed by atoms with Crippen LogP contribution in [0, 0.1) is 0 Å². The molecular weight excluding hydrogens is 272 g/mol. The maximum atomic E-state index is 12.5. The minimum atomic E-state index is -2.69. The number of aliphatic carboxylic acids is 1. The number of hydrogen-bond donors (Lipinski definition) is 1. The first-order valence-corrected chi connectivity index (χ1v) is 5.21. The summed E-state index contributed by atoms with van der Waals surface area (Å²) >= 11 is 3.06. The van der Waals surface area contributed by atoms with Gasteiger partial charge in [-0.15, -0.1) is 0 Å². The van der Waals surface area contributed by atoms with Crippen molar-refractivity contribution in [1.82, 2.24) is 4.98 Å². The van der Waals surface area contributed by atoms with Crippen LogP contribution in [0.3, 0.4) is 0 Å².